The van der Waals surface area contributed by atoms with E-state index in [9.17, 15) is 9.59 Å². The molecule has 1 atom stereocenters. The number of nitrogens with one attached hydrogen (secondary N) is 3. The molecule has 1 saturated heterocycles. The third-order valence-electron chi connectivity index (χ3n) is 5.09. The topological polar surface area (TPSA) is 73.5 Å². The van der Waals surface area contributed by atoms with Crippen LogP contribution in [0.3, 0.4) is 0 Å². The molecule has 3 rings (SSSR count). The molecule has 0 bridgehead atoms. The number of nitrogens with zero attached hydrogens (tertiary/aromatic N) is 1. The number of carbonyl (C=O) groups excluding carboxylic acids is 2. The highest BCUT2D eigenvalue weighted by atomic mass is 35.5. The van der Waals surface area contributed by atoms with Crippen molar-refractivity contribution in [2.24, 2.45) is 5.92 Å². The van der Waals surface area contributed by atoms with E-state index >= 15 is 0 Å². The van der Waals surface area contributed by atoms with Crippen molar-refractivity contribution in [3.05, 3.63) is 35.4 Å². The first-order valence-electron chi connectivity index (χ1n) is 9.29. The van der Waals surface area contributed by atoms with E-state index in [0.29, 0.717) is 25.6 Å². The lowest BCUT2D eigenvalue weighted by atomic mass is 9.96. The smallest absolute Gasteiger partial charge is 0.318 e. The number of rotatable bonds is 5. The van der Waals surface area contributed by atoms with E-state index in [1.165, 1.54) is 24.0 Å². The molecule has 0 spiro atoms. The van der Waals surface area contributed by atoms with Gasteiger partial charge in [0.2, 0.25) is 5.91 Å². The normalized spacial score (nSPS) is 19.1. The van der Waals surface area contributed by atoms with Crippen LogP contribution in [0.5, 0.6) is 0 Å². The van der Waals surface area contributed by atoms with Gasteiger partial charge in [-0.25, -0.2) is 4.79 Å². The molecule has 1 fully saturated rings. The van der Waals surface area contributed by atoms with Crippen LogP contribution < -0.4 is 16.0 Å². The van der Waals surface area contributed by atoms with Crippen molar-refractivity contribution in [1.29, 1.82) is 0 Å². The molecule has 144 valence electrons. The van der Waals surface area contributed by atoms with Crippen molar-refractivity contribution in [3.63, 3.8) is 0 Å². The lowest BCUT2D eigenvalue weighted by Crippen LogP contribution is -2.46. The van der Waals surface area contributed by atoms with Gasteiger partial charge in [0, 0.05) is 19.6 Å². The van der Waals surface area contributed by atoms with Crippen LogP contribution >= 0.6 is 12.4 Å². The Labute approximate surface area is 161 Å². The van der Waals surface area contributed by atoms with Gasteiger partial charge in [0.1, 0.15) is 0 Å². The number of hydrogen-bond donors (Lipinski definition) is 3. The number of carbonyl (C=O) groups is 2. The molecule has 1 unspecified atom stereocenters. The summed E-state index contributed by atoms with van der Waals surface area (Å²) in [6, 6.07) is 8.03. The van der Waals surface area contributed by atoms with Gasteiger partial charge in [-0.1, -0.05) is 24.3 Å². The van der Waals surface area contributed by atoms with Crippen LogP contribution in [0.15, 0.2) is 24.3 Å². The Hall–Kier alpha value is -1.79. The monoisotopic (exact) mass is 380 g/mol. The molecule has 2 aliphatic rings. The summed E-state index contributed by atoms with van der Waals surface area (Å²) in [5, 5.41) is 9.02. The maximum absolute atomic E-state index is 12.3. The minimum Gasteiger partial charge on any atom is -0.355 e. The molecule has 3 N–H and O–H groups in total. The fraction of sp³-hybridized carbons (Fsp3) is 0.579. The Bertz CT molecular complexity index is 605. The summed E-state index contributed by atoms with van der Waals surface area (Å²) in [7, 11) is 0. The van der Waals surface area contributed by atoms with Crippen molar-refractivity contribution in [1.82, 2.24) is 20.9 Å². The number of urea groups is 1. The quantitative estimate of drug-likeness (QED) is 0.727. The van der Waals surface area contributed by atoms with Gasteiger partial charge in [0.25, 0.3) is 0 Å². The summed E-state index contributed by atoms with van der Waals surface area (Å²) in [6.45, 7) is 4.17. The van der Waals surface area contributed by atoms with Crippen molar-refractivity contribution in [2.45, 2.75) is 32.2 Å². The molecule has 3 amide bonds. The Morgan fingerprint density at radius 1 is 1.19 bits per heavy atom. The van der Waals surface area contributed by atoms with E-state index < -0.39 is 0 Å². The summed E-state index contributed by atoms with van der Waals surface area (Å²) < 4.78 is 0. The molecule has 7 heteroatoms. The molecule has 0 radical (unpaired) electrons. The van der Waals surface area contributed by atoms with Crippen LogP contribution in [-0.4, -0.2) is 49.6 Å². The van der Waals surface area contributed by atoms with Gasteiger partial charge in [0.05, 0.1) is 6.54 Å². The number of amides is 3. The van der Waals surface area contributed by atoms with Gasteiger partial charge in [-0.3, -0.25) is 4.79 Å². The van der Waals surface area contributed by atoms with E-state index in [0.717, 1.165) is 25.9 Å². The number of piperidine rings is 1. The molecule has 0 saturated carbocycles. The molecule has 6 nitrogen and oxygen atoms in total. The number of benzene rings is 1. The summed E-state index contributed by atoms with van der Waals surface area (Å²) >= 11 is 0. The zero-order valence-electron chi connectivity index (χ0n) is 15.1. The second kappa shape index (κ2) is 10.4. The molecular formula is C19H29ClN4O2. The highest BCUT2D eigenvalue weighted by Gasteiger charge is 2.20. The van der Waals surface area contributed by atoms with Crippen LogP contribution in [-0.2, 0) is 17.8 Å². The maximum atomic E-state index is 12.3. The third kappa shape index (κ3) is 5.88. The lowest BCUT2D eigenvalue weighted by molar-refractivity contribution is -0.120. The number of hydrogen-bond acceptors (Lipinski definition) is 3. The molecule has 2 heterocycles. The van der Waals surface area contributed by atoms with E-state index in [4.69, 9.17) is 0 Å². The first kappa shape index (κ1) is 20.5. The average molecular weight is 381 g/mol. The lowest BCUT2D eigenvalue weighted by Gasteiger charge is -2.28. The Balaban J connectivity index is 0.00000243. The third-order valence-corrected chi connectivity index (χ3v) is 5.09. The maximum Gasteiger partial charge on any atom is 0.318 e. The van der Waals surface area contributed by atoms with Gasteiger partial charge in [-0.05, 0) is 55.8 Å². The Morgan fingerprint density at radius 3 is 2.77 bits per heavy atom. The molecule has 26 heavy (non-hydrogen) atoms. The summed E-state index contributed by atoms with van der Waals surface area (Å²) in [5.41, 5.74) is 2.50. The van der Waals surface area contributed by atoms with Crippen LogP contribution in [0, 0.1) is 5.92 Å². The van der Waals surface area contributed by atoms with E-state index in [-0.39, 0.29) is 30.9 Å². The van der Waals surface area contributed by atoms with Crippen LogP contribution in [0.2, 0.25) is 0 Å². The first-order valence-corrected chi connectivity index (χ1v) is 9.29. The highest BCUT2D eigenvalue weighted by Crippen LogP contribution is 2.18. The van der Waals surface area contributed by atoms with E-state index in [1.807, 2.05) is 12.1 Å². The van der Waals surface area contributed by atoms with Crippen molar-refractivity contribution < 1.29 is 9.59 Å². The minimum atomic E-state index is -0.166. The van der Waals surface area contributed by atoms with Gasteiger partial charge >= 0.3 is 6.03 Å². The van der Waals surface area contributed by atoms with Gasteiger partial charge in [-0.2, -0.15) is 0 Å². The van der Waals surface area contributed by atoms with Gasteiger partial charge in [-0.15, -0.1) is 12.4 Å². The Kier molecular flexibility index (Phi) is 8.19. The molecule has 2 aliphatic heterocycles. The van der Waals surface area contributed by atoms with E-state index in [2.05, 4.69) is 28.1 Å². The standard InChI is InChI=1S/C19H28N4O2.ClH/c24-18(21-10-7-15-4-3-9-20-12-15)13-22-19(25)23-11-8-16-5-1-2-6-17(16)14-23;/h1-2,5-6,15,20H,3-4,7-14H2,(H,21,24)(H,22,25);1H. The zero-order chi connectivity index (χ0) is 17.5. The Morgan fingerprint density at radius 2 is 2.00 bits per heavy atom. The summed E-state index contributed by atoms with van der Waals surface area (Å²) in [6.07, 6.45) is 4.31. The fourth-order valence-corrected chi connectivity index (χ4v) is 3.59. The van der Waals surface area contributed by atoms with Crippen LogP contribution in [0.4, 0.5) is 4.79 Å². The highest BCUT2D eigenvalue weighted by molar-refractivity contribution is 5.85. The van der Waals surface area contributed by atoms with Crippen LogP contribution in [0.25, 0.3) is 0 Å². The molecule has 0 aromatic heterocycles. The number of fused-ring (bicyclic) bond motifs is 1. The number of halogens is 1. The largest absolute Gasteiger partial charge is 0.355 e. The predicted octanol–water partition coefficient (Wildman–Crippen LogP) is 1.68. The van der Waals surface area contributed by atoms with Crippen molar-refractivity contribution in [3.8, 4) is 0 Å². The summed E-state index contributed by atoms with van der Waals surface area (Å²) in [4.78, 5) is 25.9. The zero-order valence-corrected chi connectivity index (χ0v) is 15.9. The fourth-order valence-electron chi connectivity index (χ4n) is 3.59. The minimum absolute atomic E-state index is 0. The van der Waals surface area contributed by atoms with Crippen molar-refractivity contribution in [2.75, 3.05) is 32.7 Å². The van der Waals surface area contributed by atoms with Gasteiger partial charge < -0.3 is 20.9 Å². The molecule has 1 aromatic carbocycles. The first-order chi connectivity index (χ1) is 12.2. The van der Waals surface area contributed by atoms with Crippen LogP contribution in [0.1, 0.15) is 30.4 Å². The van der Waals surface area contributed by atoms with Crippen molar-refractivity contribution >= 4 is 24.3 Å². The average Bonchev–Trinajstić information content (AvgIpc) is 2.66. The molecule has 0 aliphatic carbocycles. The predicted molar refractivity (Wildman–Crippen MR) is 104 cm³/mol. The summed E-state index contributed by atoms with van der Waals surface area (Å²) in [5.74, 6) is 0.534. The second-order valence-corrected chi connectivity index (χ2v) is 6.95. The SMILES string of the molecule is Cl.O=C(CNC(=O)N1CCc2ccccc2C1)NCCC1CCCNC1. The second-order valence-electron chi connectivity index (χ2n) is 6.95. The molecular weight excluding hydrogens is 352 g/mol. The molecule has 1 aromatic rings. The van der Waals surface area contributed by atoms with E-state index in [1.54, 1.807) is 4.90 Å². The van der Waals surface area contributed by atoms with Gasteiger partial charge in [0.15, 0.2) is 0 Å².